The van der Waals surface area contributed by atoms with Crippen LogP contribution in [-0.2, 0) is 17.8 Å². The van der Waals surface area contributed by atoms with Crippen LogP contribution in [0.15, 0.2) is 35.1 Å². The molecule has 0 aliphatic heterocycles. The lowest BCUT2D eigenvalue weighted by Crippen LogP contribution is -2.30. The van der Waals surface area contributed by atoms with Crippen LogP contribution in [0.4, 0.5) is 5.82 Å². The second-order valence-electron chi connectivity index (χ2n) is 6.42. The summed E-state index contributed by atoms with van der Waals surface area (Å²) in [4.78, 5) is 35.0. The SMILES string of the molecule is CC(C)c1nc2ccccc2n1CC(=O)NCCc1nc(N)cc(=O)[nH]1. The Hall–Kier alpha value is -3.16. The first-order valence-corrected chi connectivity index (χ1v) is 8.51. The number of aromatic nitrogens is 4. The summed E-state index contributed by atoms with van der Waals surface area (Å²) in [6.07, 6.45) is 0.397. The zero-order valence-electron chi connectivity index (χ0n) is 14.8. The molecular weight excluding hydrogens is 332 g/mol. The maximum absolute atomic E-state index is 12.4. The Morgan fingerprint density at radius 2 is 2.08 bits per heavy atom. The molecule has 26 heavy (non-hydrogen) atoms. The maximum atomic E-state index is 12.4. The molecule has 1 amide bonds. The van der Waals surface area contributed by atoms with Crippen molar-refractivity contribution in [3.05, 3.63) is 52.3 Å². The number of aromatic amines is 1. The summed E-state index contributed by atoms with van der Waals surface area (Å²) >= 11 is 0. The molecule has 3 aromatic rings. The van der Waals surface area contributed by atoms with Crippen LogP contribution in [0.1, 0.15) is 31.4 Å². The van der Waals surface area contributed by atoms with Gasteiger partial charge in [-0.25, -0.2) is 9.97 Å². The Bertz CT molecular complexity index is 989. The number of benzene rings is 1. The molecule has 0 aliphatic carbocycles. The van der Waals surface area contributed by atoms with Crippen LogP contribution in [0.25, 0.3) is 11.0 Å². The number of hydrogen-bond donors (Lipinski definition) is 3. The van der Waals surface area contributed by atoms with Gasteiger partial charge in [-0.1, -0.05) is 26.0 Å². The summed E-state index contributed by atoms with van der Waals surface area (Å²) in [6, 6.07) is 8.99. The van der Waals surface area contributed by atoms with E-state index in [0.717, 1.165) is 16.9 Å². The van der Waals surface area contributed by atoms with Crippen molar-refractivity contribution in [2.45, 2.75) is 32.7 Å². The van der Waals surface area contributed by atoms with Crippen molar-refractivity contribution in [2.75, 3.05) is 12.3 Å². The van der Waals surface area contributed by atoms with Crippen molar-refractivity contribution >= 4 is 22.8 Å². The van der Waals surface area contributed by atoms with Crippen LogP contribution in [-0.4, -0.2) is 32.0 Å². The number of rotatable bonds is 6. The number of nitrogens with zero attached hydrogens (tertiary/aromatic N) is 3. The summed E-state index contributed by atoms with van der Waals surface area (Å²) in [5.74, 6) is 1.58. The van der Waals surface area contributed by atoms with Crippen LogP contribution >= 0.6 is 0 Å². The highest BCUT2D eigenvalue weighted by Gasteiger charge is 2.15. The summed E-state index contributed by atoms with van der Waals surface area (Å²) < 4.78 is 1.94. The van der Waals surface area contributed by atoms with Crippen LogP contribution in [0.3, 0.4) is 0 Å². The molecule has 1 aromatic carbocycles. The number of carbonyl (C=O) groups is 1. The highest BCUT2D eigenvalue weighted by molar-refractivity contribution is 5.81. The third-order valence-electron chi connectivity index (χ3n) is 4.00. The highest BCUT2D eigenvalue weighted by Crippen LogP contribution is 2.21. The summed E-state index contributed by atoms with van der Waals surface area (Å²) in [5.41, 5.74) is 7.07. The molecule has 4 N–H and O–H groups in total. The van der Waals surface area contributed by atoms with Gasteiger partial charge in [-0.3, -0.25) is 9.59 Å². The summed E-state index contributed by atoms with van der Waals surface area (Å²) in [7, 11) is 0. The number of fused-ring (bicyclic) bond motifs is 1. The Morgan fingerprint density at radius 3 is 2.81 bits per heavy atom. The molecule has 136 valence electrons. The first-order valence-electron chi connectivity index (χ1n) is 8.51. The van der Waals surface area contributed by atoms with E-state index in [2.05, 4.69) is 34.1 Å². The number of imidazole rings is 1. The van der Waals surface area contributed by atoms with E-state index >= 15 is 0 Å². The minimum Gasteiger partial charge on any atom is -0.383 e. The third kappa shape index (κ3) is 3.90. The van der Waals surface area contributed by atoms with Crippen LogP contribution in [0.2, 0.25) is 0 Å². The number of nitrogens with one attached hydrogen (secondary N) is 2. The molecule has 2 aromatic heterocycles. The van der Waals surface area contributed by atoms with Gasteiger partial charge in [0, 0.05) is 24.9 Å². The fraction of sp³-hybridized carbons (Fsp3) is 0.333. The van der Waals surface area contributed by atoms with Gasteiger partial charge in [-0.15, -0.1) is 0 Å². The topological polar surface area (TPSA) is 119 Å². The number of H-pyrrole nitrogens is 1. The number of amides is 1. The molecule has 8 heteroatoms. The van der Waals surface area contributed by atoms with E-state index in [9.17, 15) is 9.59 Å². The van der Waals surface area contributed by atoms with Gasteiger partial charge in [-0.2, -0.15) is 0 Å². The minimum atomic E-state index is -0.301. The molecule has 0 fully saturated rings. The van der Waals surface area contributed by atoms with Gasteiger partial charge < -0.3 is 20.6 Å². The molecular formula is C18H22N6O2. The summed E-state index contributed by atoms with van der Waals surface area (Å²) in [5, 5.41) is 2.85. The van der Waals surface area contributed by atoms with Crippen molar-refractivity contribution < 1.29 is 4.79 Å². The van der Waals surface area contributed by atoms with E-state index in [-0.39, 0.29) is 29.7 Å². The maximum Gasteiger partial charge on any atom is 0.252 e. The van der Waals surface area contributed by atoms with Crippen molar-refractivity contribution in [1.29, 1.82) is 0 Å². The van der Waals surface area contributed by atoms with Gasteiger partial charge in [0.1, 0.15) is 24.0 Å². The predicted molar refractivity (Wildman–Crippen MR) is 99.8 cm³/mol. The molecule has 0 saturated carbocycles. The fourth-order valence-corrected chi connectivity index (χ4v) is 2.87. The standard InChI is InChI=1S/C18H22N6O2/c1-11(2)18-21-12-5-3-4-6-13(12)24(18)10-17(26)20-8-7-15-22-14(19)9-16(25)23-15/h3-6,9,11H,7-8,10H2,1-2H3,(H,20,26)(H3,19,22,23,25). The van der Waals surface area contributed by atoms with Crippen LogP contribution < -0.4 is 16.6 Å². The van der Waals surface area contributed by atoms with Gasteiger partial charge in [0.25, 0.3) is 5.56 Å². The predicted octanol–water partition coefficient (Wildman–Crippen LogP) is 1.18. The van der Waals surface area contributed by atoms with Gasteiger partial charge in [0.15, 0.2) is 0 Å². The number of nitrogens with two attached hydrogens (primary N) is 1. The first kappa shape index (κ1) is 17.7. The Morgan fingerprint density at radius 1 is 1.31 bits per heavy atom. The largest absolute Gasteiger partial charge is 0.383 e. The van der Waals surface area contributed by atoms with Gasteiger partial charge in [-0.05, 0) is 12.1 Å². The van der Waals surface area contributed by atoms with E-state index in [0.29, 0.717) is 18.8 Å². The van der Waals surface area contributed by atoms with Gasteiger partial charge in [0.2, 0.25) is 5.91 Å². The fourth-order valence-electron chi connectivity index (χ4n) is 2.87. The molecule has 2 heterocycles. The van der Waals surface area contributed by atoms with Crippen molar-refractivity contribution in [1.82, 2.24) is 24.8 Å². The second kappa shape index (κ2) is 7.38. The molecule has 0 bridgehead atoms. The normalized spacial score (nSPS) is 11.2. The van der Waals surface area contributed by atoms with Crippen LogP contribution in [0.5, 0.6) is 0 Å². The van der Waals surface area contributed by atoms with E-state index in [1.54, 1.807) is 0 Å². The molecule has 0 radical (unpaired) electrons. The monoisotopic (exact) mass is 354 g/mol. The number of hydrogen-bond acceptors (Lipinski definition) is 5. The average Bonchev–Trinajstić information content (AvgIpc) is 2.93. The second-order valence-corrected chi connectivity index (χ2v) is 6.42. The lowest BCUT2D eigenvalue weighted by Gasteiger charge is -2.11. The lowest BCUT2D eigenvalue weighted by molar-refractivity contribution is -0.121. The van der Waals surface area contributed by atoms with Crippen molar-refractivity contribution in [3.63, 3.8) is 0 Å². The van der Waals surface area contributed by atoms with Gasteiger partial charge in [0.05, 0.1) is 11.0 Å². The third-order valence-corrected chi connectivity index (χ3v) is 4.00. The highest BCUT2D eigenvalue weighted by atomic mass is 16.2. The van der Waals surface area contributed by atoms with E-state index in [1.807, 2.05) is 28.8 Å². The number of para-hydroxylation sites is 2. The van der Waals surface area contributed by atoms with Crippen molar-refractivity contribution in [2.24, 2.45) is 0 Å². The summed E-state index contributed by atoms with van der Waals surface area (Å²) in [6.45, 7) is 4.65. The Balaban J connectivity index is 1.67. The molecule has 0 saturated heterocycles. The lowest BCUT2D eigenvalue weighted by atomic mass is 10.2. The number of nitrogen functional groups attached to an aromatic ring is 1. The zero-order valence-corrected chi connectivity index (χ0v) is 14.8. The van der Waals surface area contributed by atoms with E-state index in [1.165, 1.54) is 6.07 Å². The molecule has 8 nitrogen and oxygen atoms in total. The number of carbonyl (C=O) groups excluding carboxylic acids is 1. The smallest absolute Gasteiger partial charge is 0.252 e. The zero-order chi connectivity index (χ0) is 18.7. The van der Waals surface area contributed by atoms with E-state index < -0.39 is 0 Å². The van der Waals surface area contributed by atoms with Crippen LogP contribution in [0, 0.1) is 0 Å². The molecule has 0 unspecified atom stereocenters. The number of anilines is 1. The van der Waals surface area contributed by atoms with Gasteiger partial charge >= 0.3 is 0 Å². The first-order chi connectivity index (χ1) is 12.4. The quantitative estimate of drug-likeness (QED) is 0.614. The molecule has 0 spiro atoms. The molecule has 3 rings (SSSR count). The Kier molecular flexibility index (Phi) is 5.01. The molecule has 0 atom stereocenters. The molecule has 0 aliphatic rings. The van der Waals surface area contributed by atoms with Crippen molar-refractivity contribution in [3.8, 4) is 0 Å². The Labute approximate surface area is 150 Å². The average molecular weight is 354 g/mol. The minimum absolute atomic E-state index is 0.124. The van der Waals surface area contributed by atoms with E-state index in [4.69, 9.17) is 5.73 Å².